The molecule has 0 spiro atoms. The van der Waals surface area contributed by atoms with Crippen LogP contribution in [-0.2, 0) is 6.42 Å². The van der Waals surface area contributed by atoms with Gasteiger partial charge in [0.15, 0.2) is 0 Å². The van der Waals surface area contributed by atoms with Gasteiger partial charge in [-0.3, -0.25) is 0 Å². The molecule has 1 aliphatic rings. The molecule has 0 bridgehead atoms. The summed E-state index contributed by atoms with van der Waals surface area (Å²) in [6.07, 6.45) is 4.22. The van der Waals surface area contributed by atoms with Crippen LogP contribution in [-0.4, -0.2) is 24.3 Å². The number of benzene rings is 1. The maximum absolute atomic E-state index is 10.2. The molecule has 0 amide bonds. The lowest BCUT2D eigenvalue weighted by atomic mass is 9.92. The van der Waals surface area contributed by atoms with E-state index < -0.39 is 0 Å². The molecule has 0 radical (unpaired) electrons. The molecule has 2 rings (SSSR count). The van der Waals surface area contributed by atoms with Gasteiger partial charge in [-0.25, -0.2) is 0 Å². The van der Waals surface area contributed by atoms with Gasteiger partial charge in [-0.05, 0) is 37.3 Å². The highest BCUT2D eigenvalue weighted by Gasteiger charge is 2.20. The average Bonchev–Trinajstić information content (AvgIpc) is 2.59. The van der Waals surface area contributed by atoms with E-state index in [0.717, 1.165) is 25.9 Å². The van der Waals surface area contributed by atoms with E-state index in [1.165, 1.54) is 18.4 Å². The van der Waals surface area contributed by atoms with Crippen molar-refractivity contribution >= 4 is 0 Å². The van der Waals surface area contributed by atoms with E-state index in [4.69, 9.17) is 0 Å². The molecule has 1 aromatic rings. The monoisotopic (exact) mass is 219 g/mol. The van der Waals surface area contributed by atoms with Crippen LogP contribution in [0.2, 0.25) is 0 Å². The highest BCUT2D eigenvalue weighted by molar-refractivity contribution is 5.15. The summed E-state index contributed by atoms with van der Waals surface area (Å²) in [5.41, 5.74) is 1.24. The molecule has 16 heavy (non-hydrogen) atoms. The molecule has 0 aliphatic carbocycles. The fourth-order valence-electron chi connectivity index (χ4n) is 2.40. The highest BCUT2D eigenvalue weighted by atomic mass is 16.3. The standard InChI is InChI=1S/C14H21NO/c16-14(10-12-6-2-1-3-7-12)13-8-4-5-9-15-11-13/h1-3,6-7,13-16H,4-5,8-11H2. The lowest BCUT2D eigenvalue weighted by molar-refractivity contribution is 0.104. The minimum absolute atomic E-state index is 0.201. The molecule has 1 fully saturated rings. The summed E-state index contributed by atoms with van der Waals surface area (Å²) in [4.78, 5) is 0. The molecule has 88 valence electrons. The van der Waals surface area contributed by atoms with E-state index in [2.05, 4.69) is 17.4 Å². The Morgan fingerprint density at radius 1 is 1.25 bits per heavy atom. The van der Waals surface area contributed by atoms with E-state index in [9.17, 15) is 5.11 Å². The lowest BCUT2D eigenvalue weighted by Crippen LogP contribution is -2.31. The third-order valence-corrected chi connectivity index (χ3v) is 3.42. The Kier molecular flexibility index (Phi) is 4.37. The number of aliphatic hydroxyl groups is 1. The van der Waals surface area contributed by atoms with Crippen molar-refractivity contribution in [1.29, 1.82) is 0 Å². The Hall–Kier alpha value is -0.860. The van der Waals surface area contributed by atoms with Crippen LogP contribution < -0.4 is 5.32 Å². The summed E-state index contributed by atoms with van der Waals surface area (Å²) in [5.74, 6) is 0.419. The third-order valence-electron chi connectivity index (χ3n) is 3.42. The molecule has 1 aromatic carbocycles. The molecule has 0 saturated carbocycles. The quantitative estimate of drug-likeness (QED) is 0.814. The van der Waals surface area contributed by atoms with Crippen LogP contribution in [0.25, 0.3) is 0 Å². The van der Waals surface area contributed by atoms with Crippen LogP contribution in [0.1, 0.15) is 24.8 Å². The van der Waals surface area contributed by atoms with Crippen LogP contribution in [0.4, 0.5) is 0 Å². The Labute approximate surface area is 97.7 Å². The second kappa shape index (κ2) is 6.02. The molecular weight excluding hydrogens is 198 g/mol. The van der Waals surface area contributed by atoms with Crippen LogP contribution in [0.3, 0.4) is 0 Å². The Balaban J connectivity index is 1.89. The maximum Gasteiger partial charge on any atom is 0.0620 e. The number of aliphatic hydroxyl groups excluding tert-OH is 1. The molecule has 2 nitrogen and oxygen atoms in total. The molecule has 2 unspecified atom stereocenters. The molecule has 1 heterocycles. The maximum atomic E-state index is 10.2. The van der Waals surface area contributed by atoms with Crippen LogP contribution in [0.15, 0.2) is 30.3 Å². The summed E-state index contributed by atoms with van der Waals surface area (Å²) in [7, 11) is 0. The first-order valence-corrected chi connectivity index (χ1v) is 6.29. The molecule has 1 saturated heterocycles. The second-order valence-corrected chi connectivity index (χ2v) is 4.72. The number of nitrogens with one attached hydrogen (secondary N) is 1. The smallest absolute Gasteiger partial charge is 0.0620 e. The van der Waals surface area contributed by atoms with Crippen molar-refractivity contribution in [3.8, 4) is 0 Å². The molecule has 2 heteroatoms. The van der Waals surface area contributed by atoms with Crippen molar-refractivity contribution in [2.75, 3.05) is 13.1 Å². The van der Waals surface area contributed by atoms with Crippen molar-refractivity contribution in [2.24, 2.45) is 5.92 Å². The first-order valence-electron chi connectivity index (χ1n) is 6.29. The van der Waals surface area contributed by atoms with Gasteiger partial charge in [-0.1, -0.05) is 36.8 Å². The molecule has 2 atom stereocenters. The Morgan fingerprint density at radius 2 is 2.06 bits per heavy atom. The summed E-state index contributed by atoms with van der Waals surface area (Å²) in [6, 6.07) is 10.3. The molecule has 1 aliphatic heterocycles. The number of rotatable bonds is 3. The molecule has 0 aromatic heterocycles. The van der Waals surface area contributed by atoms with Crippen molar-refractivity contribution in [3.63, 3.8) is 0 Å². The average molecular weight is 219 g/mol. The van der Waals surface area contributed by atoms with Crippen molar-refractivity contribution in [1.82, 2.24) is 5.32 Å². The zero-order chi connectivity index (χ0) is 11.2. The zero-order valence-electron chi connectivity index (χ0n) is 9.73. The van der Waals surface area contributed by atoms with Gasteiger partial charge in [0.2, 0.25) is 0 Å². The van der Waals surface area contributed by atoms with Gasteiger partial charge in [0.1, 0.15) is 0 Å². The fraction of sp³-hybridized carbons (Fsp3) is 0.571. The Bertz CT molecular complexity index is 291. The largest absolute Gasteiger partial charge is 0.392 e. The lowest BCUT2D eigenvalue weighted by Gasteiger charge is -2.21. The van der Waals surface area contributed by atoms with Crippen molar-refractivity contribution in [2.45, 2.75) is 31.8 Å². The predicted molar refractivity (Wildman–Crippen MR) is 66.4 cm³/mol. The zero-order valence-corrected chi connectivity index (χ0v) is 9.73. The topological polar surface area (TPSA) is 32.3 Å². The SMILES string of the molecule is OC(Cc1ccccc1)C1CCCCNC1. The fourth-order valence-corrected chi connectivity index (χ4v) is 2.40. The molecular formula is C14H21NO. The first-order chi connectivity index (χ1) is 7.86. The van der Waals surface area contributed by atoms with Gasteiger partial charge < -0.3 is 10.4 Å². The second-order valence-electron chi connectivity index (χ2n) is 4.72. The molecule has 2 N–H and O–H groups in total. The minimum atomic E-state index is -0.201. The van der Waals surface area contributed by atoms with Crippen molar-refractivity contribution in [3.05, 3.63) is 35.9 Å². The van der Waals surface area contributed by atoms with Gasteiger partial charge in [0.25, 0.3) is 0 Å². The minimum Gasteiger partial charge on any atom is -0.392 e. The van der Waals surface area contributed by atoms with E-state index >= 15 is 0 Å². The van der Waals surface area contributed by atoms with Crippen LogP contribution >= 0.6 is 0 Å². The van der Waals surface area contributed by atoms with Crippen molar-refractivity contribution < 1.29 is 5.11 Å². The van der Waals surface area contributed by atoms with E-state index in [1.807, 2.05) is 18.2 Å². The van der Waals surface area contributed by atoms with Gasteiger partial charge in [-0.2, -0.15) is 0 Å². The first kappa shape index (κ1) is 11.6. The summed E-state index contributed by atoms with van der Waals surface area (Å²) < 4.78 is 0. The van der Waals surface area contributed by atoms with E-state index in [1.54, 1.807) is 0 Å². The summed E-state index contributed by atoms with van der Waals surface area (Å²) >= 11 is 0. The van der Waals surface area contributed by atoms with Gasteiger partial charge >= 0.3 is 0 Å². The summed E-state index contributed by atoms with van der Waals surface area (Å²) in [5, 5.41) is 13.6. The van der Waals surface area contributed by atoms with Gasteiger partial charge in [-0.15, -0.1) is 0 Å². The number of hydrogen-bond donors (Lipinski definition) is 2. The van der Waals surface area contributed by atoms with Gasteiger partial charge in [0.05, 0.1) is 6.10 Å². The van der Waals surface area contributed by atoms with Crippen LogP contribution in [0.5, 0.6) is 0 Å². The van der Waals surface area contributed by atoms with E-state index in [0.29, 0.717) is 5.92 Å². The highest BCUT2D eigenvalue weighted by Crippen LogP contribution is 2.18. The predicted octanol–water partition coefficient (Wildman–Crippen LogP) is 1.98. The van der Waals surface area contributed by atoms with Gasteiger partial charge in [0, 0.05) is 6.54 Å². The van der Waals surface area contributed by atoms with E-state index in [-0.39, 0.29) is 6.10 Å². The van der Waals surface area contributed by atoms with Crippen LogP contribution in [0, 0.1) is 5.92 Å². The number of hydrogen-bond acceptors (Lipinski definition) is 2. The Morgan fingerprint density at radius 3 is 2.88 bits per heavy atom. The summed E-state index contributed by atoms with van der Waals surface area (Å²) in [6.45, 7) is 2.07. The normalized spacial score (nSPS) is 23.7. The third kappa shape index (κ3) is 3.32.